The van der Waals surface area contributed by atoms with Crippen LogP contribution in [0.15, 0.2) is 18.2 Å². The second-order valence-corrected chi connectivity index (χ2v) is 6.10. The number of nitrogens with zero attached hydrogens (tertiary/aromatic N) is 1. The van der Waals surface area contributed by atoms with Crippen LogP contribution in [-0.2, 0) is 22.5 Å². The van der Waals surface area contributed by atoms with Crippen molar-refractivity contribution >= 4 is 12.1 Å². The van der Waals surface area contributed by atoms with Crippen LogP contribution in [0.2, 0.25) is 0 Å². The summed E-state index contributed by atoms with van der Waals surface area (Å²) in [4.78, 5) is 24.9. The van der Waals surface area contributed by atoms with Crippen molar-refractivity contribution in [2.24, 2.45) is 0 Å². The zero-order valence-electron chi connectivity index (χ0n) is 13.3. The molecule has 0 saturated heterocycles. The molecule has 1 aliphatic rings. The molecule has 2 N–H and O–H groups in total. The van der Waals surface area contributed by atoms with Gasteiger partial charge in [-0.1, -0.05) is 6.07 Å². The van der Waals surface area contributed by atoms with E-state index in [2.05, 4.69) is 5.11 Å². The van der Waals surface area contributed by atoms with E-state index in [0.717, 1.165) is 11.1 Å². The topological polar surface area (TPSA) is 87.1 Å². The van der Waals surface area contributed by atoms with Crippen molar-refractivity contribution in [1.29, 1.82) is 1.43 Å². The first-order valence-electron chi connectivity index (χ1n) is 7.09. The average molecular weight is 294 g/mol. The summed E-state index contributed by atoms with van der Waals surface area (Å²) in [7, 11) is 0. The largest absolute Gasteiger partial charge is 0.508 e. The first-order valence-corrected chi connectivity index (χ1v) is 6.68. The van der Waals surface area contributed by atoms with Crippen LogP contribution in [0.3, 0.4) is 0 Å². The maximum absolute atomic E-state index is 12.3. The number of ether oxygens (including phenoxy) is 1. The summed E-state index contributed by atoms with van der Waals surface area (Å²) in [6.07, 6.45) is -0.468. The normalized spacial score (nSPS) is 18.5. The standard InChI is InChI=1S/C15H19NO5/c1-15(2,3)21-14(20)16-8-10-6-11(17)5-4-9(10)7-12(16)13(18)19/h4-6,12,17H,7-8H2,1-3H3,(H,18,19)/i/hD. The molecule has 0 saturated carbocycles. The van der Waals surface area contributed by atoms with Gasteiger partial charge in [0.25, 0.3) is 1.43 Å². The summed E-state index contributed by atoms with van der Waals surface area (Å²) >= 11 is 0. The number of phenols is 1. The molecule has 0 spiro atoms. The van der Waals surface area contributed by atoms with E-state index >= 15 is 0 Å². The summed E-state index contributed by atoms with van der Waals surface area (Å²) in [5.74, 6) is -0.728. The van der Waals surface area contributed by atoms with E-state index in [1.54, 1.807) is 39.0 Å². The number of benzene rings is 1. The molecule has 0 radical (unpaired) electrons. The fourth-order valence-corrected chi connectivity index (χ4v) is 2.29. The molecule has 0 aromatic heterocycles. The molecule has 1 aromatic carbocycles. The molecule has 1 heterocycles. The number of aliphatic carboxylic acids is 1. The Labute approximate surface area is 124 Å². The molecule has 1 amide bonds. The number of rotatable bonds is 2. The van der Waals surface area contributed by atoms with Gasteiger partial charge in [0.15, 0.2) is 0 Å². The zero-order chi connectivity index (χ0) is 16.5. The molecule has 21 heavy (non-hydrogen) atoms. The lowest BCUT2D eigenvalue weighted by molar-refractivity contribution is -0.143. The number of carboxylic acid groups (broad SMARTS) is 1. The van der Waals surface area contributed by atoms with Crippen LogP contribution >= 0.6 is 0 Å². The smallest absolute Gasteiger partial charge is 0.411 e. The molecule has 114 valence electrons. The molecule has 6 nitrogen and oxygen atoms in total. The lowest BCUT2D eigenvalue weighted by atomic mass is 9.94. The van der Waals surface area contributed by atoms with Crippen LogP contribution in [0.5, 0.6) is 5.75 Å². The van der Waals surface area contributed by atoms with Gasteiger partial charge in [-0.25, -0.2) is 9.59 Å². The van der Waals surface area contributed by atoms with Crippen molar-refractivity contribution in [3.8, 4) is 5.75 Å². The Hall–Kier alpha value is -2.24. The van der Waals surface area contributed by atoms with E-state index in [1.807, 2.05) is 0 Å². The molecule has 1 atom stereocenters. The minimum atomic E-state index is -1.07. The molecule has 2 rings (SSSR count). The Morgan fingerprint density at radius 3 is 2.67 bits per heavy atom. The van der Waals surface area contributed by atoms with Crippen LogP contribution in [0.1, 0.15) is 31.9 Å². The third-order valence-electron chi connectivity index (χ3n) is 3.22. The van der Waals surface area contributed by atoms with Crippen molar-refractivity contribution in [3.05, 3.63) is 29.3 Å². The van der Waals surface area contributed by atoms with Crippen molar-refractivity contribution in [2.45, 2.75) is 45.4 Å². The molecule has 0 fully saturated rings. The Morgan fingerprint density at radius 2 is 2.10 bits per heavy atom. The third-order valence-corrected chi connectivity index (χ3v) is 3.22. The maximum Gasteiger partial charge on any atom is 0.411 e. The molecular formula is C15H19NO5. The predicted octanol–water partition coefficient (Wildman–Crippen LogP) is 2.14. The summed E-state index contributed by atoms with van der Waals surface area (Å²) in [5.41, 5.74) is 0.883. The molecule has 1 unspecified atom stereocenters. The number of hydrogen-bond donors (Lipinski definition) is 2. The van der Waals surface area contributed by atoms with Gasteiger partial charge in [0.1, 0.15) is 17.4 Å². The molecule has 0 aliphatic carbocycles. The molecular weight excluding hydrogens is 274 g/mol. The van der Waals surface area contributed by atoms with Crippen LogP contribution < -0.4 is 0 Å². The lowest BCUT2D eigenvalue weighted by Gasteiger charge is -2.35. The van der Waals surface area contributed by atoms with E-state index in [0.29, 0.717) is 5.75 Å². The summed E-state index contributed by atoms with van der Waals surface area (Å²) in [6, 6.07) is 4.00. The number of fused-ring (bicyclic) bond motifs is 1. The highest BCUT2D eigenvalue weighted by Gasteiger charge is 2.37. The Morgan fingerprint density at radius 1 is 1.38 bits per heavy atom. The second kappa shape index (κ2) is 5.27. The van der Waals surface area contributed by atoms with E-state index in [9.17, 15) is 14.7 Å². The number of carbonyl (C=O) groups is 2. The highest BCUT2D eigenvalue weighted by molar-refractivity contribution is 5.81. The van der Waals surface area contributed by atoms with Crippen molar-refractivity contribution in [1.82, 2.24) is 4.90 Å². The van der Waals surface area contributed by atoms with Crippen LogP contribution in [0, 0.1) is 0 Å². The summed E-state index contributed by atoms with van der Waals surface area (Å²) < 4.78 is 12.2. The predicted molar refractivity (Wildman–Crippen MR) is 75.0 cm³/mol. The van der Waals surface area contributed by atoms with Crippen molar-refractivity contribution in [2.75, 3.05) is 0 Å². The number of aromatic hydroxyl groups is 1. The Balaban J connectivity index is 2.31. The van der Waals surface area contributed by atoms with Gasteiger partial charge in [-0.15, -0.1) is 0 Å². The minimum Gasteiger partial charge on any atom is -0.508 e. The van der Waals surface area contributed by atoms with Gasteiger partial charge in [0.2, 0.25) is 0 Å². The van der Waals surface area contributed by atoms with Crippen molar-refractivity contribution < 1.29 is 24.5 Å². The zero-order valence-corrected chi connectivity index (χ0v) is 12.3. The van der Waals surface area contributed by atoms with E-state index < -0.39 is 23.7 Å². The Kier molecular flexibility index (Phi) is 3.45. The van der Waals surface area contributed by atoms with Gasteiger partial charge < -0.3 is 15.0 Å². The maximum atomic E-state index is 12.3. The van der Waals surface area contributed by atoms with Gasteiger partial charge in [-0.2, -0.15) is 0 Å². The number of hydrogen-bond acceptors (Lipinski definition) is 4. The minimum absolute atomic E-state index is 0.110. The fraction of sp³-hybridized carbons (Fsp3) is 0.467. The number of amides is 1. The second-order valence-electron chi connectivity index (χ2n) is 6.10. The molecule has 1 aliphatic heterocycles. The van der Waals surface area contributed by atoms with E-state index in [4.69, 9.17) is 6.17 Å². The monoisotopic (exact) mass is 294 g/mol. The molecule has 0 bridgehead atoms. The Bertz CT molecular complexity index is 596. The highest BCUT2D eigenvalue weighted by Crippen LogP contribution is 2.28. The first kappa shape index (κ1) is 13.7. The van der Waals surface area contributed by atoms with Gasteiger partial charge in [-0.3, -0.25) is 4.90 Å². The molecule has 1 aromatic rings. The molecule has 6 heteroatoms. The number of phenolic OH excluding ortho intramolecular Hbond substituents is 1. The lowest BCUT2D eigenvalue weighted by Crippen LogP contribution is -2.50. The third kappa shape index (κ3) is 3.45. The van der Waals surface area contributed by atoms with Crippen LogP contribution in [0.4, 0.5) is 4.79 Å². The summed E-state index contributed by atoms with van der Waals surface area (Å²) in [5, 5.41) is 13.8. The van der Waals surface area contributed by atoms with Crippen molar-refractivity contribution in [3.63, 3.8) is 0 Å². The van der Waals surface area contributed by atoms with Crippen LogP contribution in [-0.4, -0.2) is 40.3 Å². The first-order chi connectivity index (χ1) is 10.2. The average Bonchev–Trinajstić information content (AvgIpc) is 2.43. The summed E-state index contributed by atoms with van der Waals surface area (Å²) in [6.45, 7) is 5.29. The van der Waals surface area contributed by atoms with Gasteiger partial charge >= 0.3 is 12.1 Å². The van der Waals surface area contributed by atoms with E-state index in [1.165, 1.54) is 4.90 Å². The van der Waals surface area contributed by atoms with Gasteiger partial charge in [-0.05, 0) is 44.0 Å². The number of carboxylic acids is 1. The SMILES string of the molecule is [2H]Oc1ccc2c(c1)CN(C(=O)OC(C)(C)C)C(C(=O)O)C2. The quantitative estimate of drug-likeness (QED) is 0.872. The van der Waals surface area contributed by atoms with Gasteiger partial charge in [0.05, 0.1) is 6.54 Å². The van der Waals surface area contributed by atoms with Crippen LogP contribution in [0.25, 0.3) is 0 Å². The fourth-order valence-electron chi connectivity index (χ4n) is 2.29. The van der Waals surface area contributed by atoms with E-state index in [-0.39, 0.29) is 13.0 Å². The highest BCUT2D eigenvalue weighted by atomic mass is 16.6. The van der Waals surface area contributed by atoms with Gasteiger partial charge in [0, 0.05) is 6.42 Å². The number of carbonyl (C=O) groups excluding carboxylic acids is 1.